The fourth-order valence-electron chi connectivity index (χ4n) is 3.46. The molecule has 11 heteroatoms. The van der Waals surface area contributed by atoms with Crippen LogP contribution < -0.4 is 5.32 Å². The molecule has 1 fully saturated rings. The quantitative estimate of drug-likeness (QED) is 0.643. The largest absolute Gasteiger partial charge is 0.390 e. The van der Waals surface area contributed by atoms with Gasteiger partial charge in [0.2, 0.25) is 16.0 Å². The first kappa shape index (κ1) is 20.5. The third-order valence-corrected chi connectivity index (χ3v) is 6.27. The molecule has 3 heterocycles. The van der Waals surface area contributed by atoms with Gasteiger partial charge >= 0.3 is 0 Å². The lowest BCUT2D eigenvalue weighted by atomic mass is 10.0. The van der Waals surface area contributed by atoms with Crippen molar-refractivity contribution in [2.75, 3.05) is 24.7 Å². The van der Waals surface area contributed by atoms with Crippen LogP contribution in [0.2, 0.25) is 0 Å². The minimum absolute atomic E-state index is 0.0509. The lowest BCUT2D eigenvalue weighted by Gasteiger charge is -2.34. The highest BCUT2D eigenvalue weighted by atomic mass is 32.2. The molecule has 1 aliphatic heterocycles. The number of pyridine rings is 1. The molecule has 30 heavy (non-hydrogen) atoms. The van der Waals surface area contributed by atoms with Crippen LogP contribution >= 0.6 is 0 Å². The number of nitrogens with one attached hydrogen (secondary N) is 1. The van der Waals surface area contributed by atoms with Crippen molar-refractivity contribution in [3.05, 3.63) is 48.3 Å². The number of rotatable bonds is 4. The number of fused-ring (bicyclic) bond motifs is 1. The van der Waals surface area contributed by atoms with E-state index in [0.29, 0.717) is 11.8 Å². The number of sulfonamides is 1. The van der Waals surface area contributed by atoms with Crippen molar-refractivity contribution in [1.82, 2.24) is 19.3 Å². The fraction of sp³-hybridized carbons (Fsp3) is 0.316. The second kappa shape index (κ2) is 7.82. The van der Waals surface area contributed by atoms with E-state index >= 15 is 0 Å². The molecule has 2 aromatic heterocycles. The molecule has 1 aromatic carbocycles. The number of hydrogen-bond donors (Lipinski definition) is 2. The number of benzene rings is 1. The van der Waals surface area contributed by atoms with Crippen molar-refractivity contribution in [2.45, 2.75) is 18.6 Å². The lowest BCUT2D eigenvalue weighted by molar-refractivity contribution is 0.0950. The van der Waals surface area contributed by atoms with E-state index in [9.17, 15) is 22.3 Å². The van der Waals surface area contributed by atoms with Gasteiger partial charge in [-0.3, -0.25) is 4.98 Å². The molecule has 3 aromatic rings. The fourth-order valence-corrected chi connectivity index (χ4v) is 4.32. The standard InChI is InChI=1S/C19H19F2N5O3S/c1-30(28,29)26-6-4-15(16(27)10-26)24-19-23-9-14(21)18(25-19)12-7-11-3-2-5-22-17(11)13(20)8-12/h2-3,5,7-9,15-16,27H,4,6,10H2,1H3,(H,23,24,25). The van der Waals surface area contributed by atoms with Gasteiger partial charge in [0.15, 0.2) is 5.82 Å². The monoisotopic (exact) mass is 435 g/mol. The van der Waals surface area contributed by atoms with E-state index in [1.165, 1.54) is 10.5 Å². The topological polar surface area (TPSA) is 108 Å². The van der Waals surface area contributed by atoms with Crippen LogP contribution in [0.5, 0.6) is 0 Å². The maximum absolute atomic E-state index is 14.4. The predicted molar refractivity (Wildman–Crippen MR) is 107 cm³/mol. The molecule has 0 saturated carbocycles. The first-order chi connectivity index (χ1) is 14.2. The summed E-state index contributed by atoms with van der Waals surface area (Å²) in [5.41, 5.74) is 0.304. The summed E-state index contributed by atoms with van der Waals surface area (Å²) in [5.74, 6) is -1.27. The van der Waals surface area contributed by atoms with E-state index in [1.807, 2.05) is 0 Å². The Kier molecular flexibility index (Phi) is 5.35. The van der Waals surface area contributed by atoms with Gasteiger partial charge in [0, 0.05) is 30.2 Å². The van der Waals surface area contributed by atoms with Crippen LogP contribution in [0.3, 0.4) is 0 Å². The summed E-state index contributed by atoms with van der Waals surface area (Å²) < 4.78 is 53.3. The van der Waals surface area contributed by atoms with E-state index in [-0.39, 0.29) is 35.8 Å². The summed E-state index contributed by atoms with van der Waals surface area (Å²) in [7, 11) is -3.40. The highest BCUT2D eigenvalue weighted by Crippen LogP contribution is 2.27. The lowest BCUT2D eigenvalue weighted by Crippen LogP contribution is -2.51. The smallest absolute Gasteiger partial charge is 0.223 e. The van der Waals surface area contributed by atoms with Gasteiger partial charge in [-0.2, -0.15) is 4.31 Å². The van der Waals surface area contributed by atoms with Crippen LogP contribution in [0.25, 0.3) is 22.2 Å². The third kappa shape index (κ3) is 4.09. The van der Waals surface area contributed by atoms with Gasteiger partial charge in [0.05, 0.1) is 24.6 Å². The summed E-state index contributed by atoms with van der Waals surface area (Å²) in [4.78, 5) is 12.0. The van der Waals surface area contributed by atoms with Gasteiger partial charge in [0.25, 0.3) is 0 Å². The summed E-state index contributed by atoms with van der Waals surface area (Å²) in [6, 6.07) is 5.54. The summed E-state index contributed by atoms with van der Waals surface area (Å²) in [6.45, 7) is 0.165. The maximum atomic E-state index is 14.4. The van der Waals surface area contributed by atoms with Crippen molar-refractivity contribution in [3.8, 4) is 11.3 Å². The van der Waals surface area contributed by atoms with Crippen LogP contribution in [0.15, 0.2) is 36.7 Å². The Morgan fingerprint density at radius 2 is 2.03 bits per heavy atom. The molecule has 8 nitrogen and oxygen atoms in total. The summed E-state index contributed by atoms with van der Waals surface area (Å²) in [5, 5.41) is 13.7. The molecule has 2 atom stereocenters. The first-order valence-electron chi connectivity index (χ1n) is 9.19. The Morgan fingerprint density at radius 1 is 1.23 bits per heavy atom. The van der Waals surface area contributed by atoms with Crippen LogP contribution in [-0.2, 0) is 10.0 Å². The molecule has 0 spiro atoms. The molecule has 0 bridgehead atoms. The third-order valence-electron chi connectivity index (χ3n) is 5.00. The van der Waals surface area contributed by atoms with Crippen LogP contribution in [-0.4, -0.2) is 64.3 Å². The van der Waals surface area contributed by atoms with E-state index in [4.69, 9.17) is 0 Å². The number of aliphatic hydroxyl groups is 1. The number of aromatic nitrogens is 3. The molecule has 0 aliphatic carbocycles. The molecule has 0 amide bonds. The molecule has 158 valence electrons. The van der Waals surface area contributed by atoms with E-state index < -0.39 is 33.8 Å². The Bertz CT molecular complexity index is 1210. The number of hydrogen-bond acceptors (Lipinski definition) is 7. The number of β-amino-alcohol motifs (C(OH)–C–C–N with tert-alkyl or cyclic N) is 1. The van der Waals surface area contributed by atoms with E-state index in [2.05, 4.69) is 20.3 Å². The number of piperidine rings is 1. The molecule has 2 N–H and O–H groups in total. The zero-order valence-corrected chi connectivity index (χ0v) is 16.8. The molecule has 1 aliphatic rings. The molecule has 4 rings (SSSR count). The highest BCUT2D eigenvalue weighted by molar-refractivity contribution is 7.88. The Labute approximate surface area is 171 Å². The number of nitrogens with zero attached hydrogens (tertiary/aromatic N) is 4. The van der Waals surface area contributed by atoms with Crippen molar-refractivity contribution in [2.24, 2.45) is 0 Å². The van der Waals surface area contributed by atoms with Crippen LogP contribution in [0.1, 0.15) is 6.42 Å². The Morgan fingerprint density at radius 3 is 2.77 bits per heavy atom. The molecule has 2 unspecified atom stereocenters. The predicted octanol–water partition coefficient (Wildman–Crippen LogP) is 1.78. The normalized spacial score (nSPS) is 20.4. The zero-order chi connectivity index (χ0) is 21.5. The van der Waals surface area contributed by atoms with Crippen LogP contribution in [0, 0.1) is 11.6 Å². The van der Waals surface area contributed by atoms with E-state index in [1.54, 1.807) is 18.2 Å². The van der Waals surface area contributed by atoms with Gasteiger partial charge in [-0.05, 0) is 24.6 Å². The molecular formula is C19H19F2N5O3S. The molecule has 1 saturated heterocycles. The van der Waals surface area contributed by atoms with E-state index in [0.717, 1.165) is 18.5 Å². The van der Waals surface area contributed by atoms with Gasteiger partial charge < -0.3 is 10.4 Å². The van der Waals surface area contributed by atoms with Crippen molar-refractivity contribution >= 4 is 26.9 Å². The van der Waals surface area contributed by atoms with Gasteiger partial charge in [-0.25, -0.2) is 27.2 Å². The van der Waals surface area contributed by atoms with Crippen molar-refractivity contribution in [3.63, 3.8) is 0 Å². The minimum atomic E-state index is -3.40. The molecule has 0 radical (unpaired) electrons. The summed E-state index contributed by atoms with van der Waals surface area (Å²) in [6.07, 6.45) is 2.85. The van der Waals surface area contributed by atoms with Gasteiger partial charge in [-0.15, -0.1) is 0 Å². The minimum Gasteiger partial charge on any atom is -0.390 e. The van der Waals surface area contributed by atoms with Crippen molar-refractivity contribution in [1.29, 1.82) is 0 Å². The number of anilines is 1. The maximum Gasteiger partial charge on any atom is 0.223 e. The number of aliphatic hydroxyl groups excluding tert-OH is 1. The average molecular weight is 435 g/mol. The number of halogens is 2. The second-order valence-electron chi connectivity index (χ2n) is 7.15. The average Bonchev–Trinajstić information content (AvgIpc) is 2.70. The highest BCUT2D eigenvalue weighted by Gasteiger charge is 2.32. The first-order valence-corrected chi connectivity index (χ1v) is 11.0. The SMILES string of the molecule is CS(=O)(=O)N1CCC(Nc2ncc(F)c(-c3cc(F)c4ncccc4c3)n2)C(O)C1. The zero-order valence-electron chi connectivity index (χ0n) is 16.0. The summed E-state index contributed by atoms with van der Waals surface area (Å²) >= 11 is 0. The van der Waals surface area contributed by atoms with Gasteiger partial charge in [0.1, 0.15) is 17.0 Å². The van der Waals surface area contributed by atoms with Gasteiger partial charge in [-0.1, -0.05) is 6.07 Å². The van der Waals surface area contributed by atoms with Crippen molar-refractivity contribution < 1.29 is 22.3 Å². The Balaban J connectivity index is 1.60. The molecular weight excluding hydrogens is 416 g/mol. The second-order valence-corrected chi connectivity index (χ2v) is 9.13. The Hall–Kier alpha value is -2.76. The van der Waals surface area contributed by atoms with Crippen LogP contribution in [0.4, 0.5) is 14.7 Å².